The zero-order valence-corrected chi connectivity index (χ0v) is 16.5. The van der Waals surface area contributed by atoms with Crippen LogP contribution in [-0.4, -0.2) is 43.1 Å². The third-order valence-corrected chi connectivity index (χ3v) is 4.64. The van der Waals surface area contributed by atoms with Crippen LogP contribution in [0, 0.1) is 0 Å². The lowest BCUT2D eigenvalue weighted by Gasteiger charge is -2.25. The summed E-state index contributed by atoms with van der Waals surface area (Å²) in [6, 6.07) is 15.2. The summed E-state index contributed by atoms with van der Waals surface area (Å²) in [5.74, 6) is -0.0968. The van der Waals surface area contributed by atoms with Gasteiger partial charge >= 0.3 is 11.8 Å². The molecule has 0 unspecified atom stereocenters. The molecule has 0 bridgehead atoms. The normalized spacial score (nSPS) is 13.9. The van der Waals surface area contributed by atoms with Gasteiger partial charge in [0.2, 0.25) is 0 Å². The van der Waals surface area contributed by atoms with Crippen molar-refractivity contribution in [3.05, 3.63) is 59.7 Å². The Hall–Kier alpha value is -3.35. The molecule has 0 saturated carbocycles. The lowest BCUT2D eigenvalue weighted by Crippen LogP contribution is -2.43. The number of amides is 2. The lowest BCUT2D eigenvalue weighted by molar-refractivity contribution is -0.146. The highest BCUT2D eigenvalue weighted by molar-refractivity contribution is 6.35. The highest BCUT2D eigenvalue weighted by Crippen LogP contribution is 2.28. The molecule has 152 valence electrons. The molecule has 0 atom stereocenters. The van der Waals surface area contributed by atoms with Crippen LogP contribution >= 0.6 is 0 Å². The van der Waals surface area contributed by atoms with Crippen LogP contribution in [0.3, 0.4) is 0 Å². The molecule has 1 N–H and O–H groups in total. The Labute approximate surface area is 170 Å². The van der Waals surface area contributed by atoms with Gasteiger partial charge in [-0.25, -0.2) is 5.43 Å². The molecule has 0 spiro atoms. The SMILES string of the molecule is COc1cc(/C=N/NC(=O)C(=O)N2CCCCC2)ccc1OCc1ccccc1. The Morgan fingerprint density at radius 2 is 1.83 bits per heavy atom. The molecule has 0 radical (unpaired) electrons. The number of hydrogen-bond donors (Lipinski definition) is 1. The Morgan fingerprint density at radius 1 is 1.07 bits per heavy atom. The molecule has 7 nitrogen and oxygen atoms in total. The summed E-state index contributed by atoms with van der Waals surface area (Å²) in [5.41, 5.74) is 4.06. The fourth-order valence-electron chi connectivity index (χ4n) is 3.07. The number of likely N-dealkylation sites (tertiary alicyclic amines) is 1. The Balaban J connectivity index is 1.56. The van der Waals surface area contributed by atoms with Crippen LogP contribution in [0.5, 0.6) is 11.5 Å². The van der Waals surface area contributed by atoms with E-state index in [2.05, 4.69) is 10.5 Å². The lowest BCUT2D eigenvalue weighted by atomic mass is 10.1. The molecule has 2 amide bonds. The van der Waals surface area contributed by atoms with E-state index >= 15 is 0 Å². The standard InChI is InChI=1S/C22H25N3O4/c1-28-20-14-18(10-11-19(20)29-16-17-8-4-2-5-9-17)15-23-24-21(26)22(27)25-12-6-3-7-13-25/h2,4-5,8-11,14-15H,3,6-7,12-13,16H2,1H3,(H,24,26)/b23-15+. The zero-order valence-electron chi connectivity index (χ0n) is 16.5. The van der Waals surface area contributed by atoms with Crippen molar-refractivity contribution in [2.45, 2.75) is 25.9 Å². The third kappa shape index (κ3) is 5.81. The number of rotatable bonds is 6. The molecule has 29 heavy (non-hydrogen) atoms. The van der Waals surface area contributed by atoms with E-state index in [1.54, 1.807) is 30.2 Å². The highest BCUT2D eigenvalue weighted by Gasteiger charge is 2.22. The number of nitrogens with one attached hydrogen (secondary N) is 1. The number of benzene rings is 2. The van der Waals surface area contributed by atoms with Crippen LogP contribution in [0.2, 0.25) is 0 Å². The Morgan fingerprint density at radius 3 is 2.55 bits per heavy atom. The molecule has 3 rings (SSSR count). The third-order valence-electron chi connectivity index (χ3n) is 4.64. The van der Waals surface area contributed by atoms with Crippen molar-refractivity contribution in [3.63, 3.8) is 0 Å². The van der Waals surface area contributed by atoms with Crippen molar-refractivity contribution in [3.8, 4) is 11.5 Å². The van der Waals surface area contributed by atoms with Crippen LogP contribution in [0.25, 0.3) is 0 Å². The first-order chi connectivity index (χ1) is 14.2. The quantitative estimate of drug-likeness (QED) is 0.463. The van der Waals surface area contributed by atoms with E-state index in [1.165, 1.54) is 6.21 Å². The summed E-state index contributed by atoms with van der Waals surface area (Å²) in [5, 5.41) is 3.89. The van der Waals surface area contributed by atoms with Crippen molar-refractivity contribution in [1.29, 1.82) is 0 Å². The first kappa shape index (κ1) is 20.4. The molecule has 0 aromatic heterocycles. The fourth-order valence-corrected chi connectivity index (χ4v) is 3.07. The minimum Gasteiger partial charge on any atom is -0.493 e. The van der Waals surface area contributed by atoms with Crippen LogP contribution < -0.4 is 14.9 Å². The average molecular weight is 395 g/mol. The van der Waals surface area contributed by atoms with Crippen LogP contribution in [0.1, 0.15) is 30.4 Å². The van der Waals surface area contributed by atoms with E-state index in [1.807, 2.05) is 30.3 Å². The highest BCUT2D eigenvalue weighted by atomic mass is 16.5. The minimum absolute atomic E-state index is 0.430. The van der Waals surface area contributed by atoms with E-state index in [0.717, 1.165) is 24.8 Å². The molecule has 1 fully saturated rings. The number of hydrazone groups is 1. The van der Waals surface area contributed by atoms with Gasteiger partial charge in [0.05, 0.1) is 13.3 Å². The smallest absolute Gasteiger partial charge is 0.329 e. The molecular weight excluding hydrogens is 370 g/mol. The molecular formula is C22H25N3O4. The number of hydrogen-bond acceptors (Lipinski definition) is 5. The van der Waals surface area contributed by atoms with Gasteiger partial charge in [0.25, 0.3) is 0 Å². The van der Waals surface area contributed by atoms with Gasteiger partial charge in [-0.15, -0.1) is 0 Å². The van der Waals surface area contributed by atoms with Gasteiger partial charge in [0.1, 0.15) is 6.61 Å². The second kappa shape index (κ2) is 10.3. The molecule has 2 aromatic rings. The summed E-state index contributed by atoms with van der Waals surface area (Å²) < 4.78 is 11.2. The Bertz CT molecular complexity index is 862. The fraction of sp³-hybridized carbons (Fsp3) is 0.318. The monoisotopic (exact) mass is 395 g/mol. The topological polar surface area (TPSA) is 80.2 Å². The van der Waals surface area contributed by atoms with Gasteiger partial charge < -0.3 is 14.4 Å². The van der Waals surface area contributed by atoms with Gasteiger partial charge in [-0.2, -0.15) is 5.10 Å². The number of carbonyl (C=O) groups excluding carboxylic acids is 2. The average Bonchev–Trinajstić information content (AvgIpc) is 2.78. The van der Waals surface area contributed by atoms with E-state index in [9.17, 15) is 9.59 Å². The predicted octanol–water partition coefficient (Wildman–Crippen LogP) is 2.74. The van der Waals surface area contributed by atoms with Crippen LogP contribution in [0.15, 0.2) is 53.6 Å². The van der Waals surface area contributed by atoms with E-state index < -0.39 is 11.8 Å². The number of methoxy groups -OCH3 is 1. The van der Waals surface area contributed by atoms with Crippen molar-refractivity contribution in [2.75, 3.05) is 20.2 Å². The summed E-state index contributed by atoms with van der Waals surface area (Å²) >= 11 is 0. The van der Waals surface area contributed by atoms with Crippen molar-refractivity contribution in [2.24, 2.45) is 5.10 Å². The first-order valence-electron chi connectivity index (χ1n) is 9.64. The zero-order chi connectivity index (χ0) is 20.5. The Kier molecular flexibility index (Phi) is 7.22. The molecule has 1 saturated heterocycles. The van der Waals surface area contributed by atoms with Gasteiger partial charge in [-0.05, 0) is 48.6 Å². The van der Waals surface area contributed by atoms with Crippen LogP contribution in [-0.2, 0) is 16.2 Å². The molecule has 2 aromatic carbocycles. The second-order valence-electron chi connectivity index (χ2n) is 6.74. The molecule has 1 heterocycles. The molecule has 7 heteroatoms. The predicted molar refractivity (Wildman–Crippen MR) is 110 cm³/mol. The van der Waals surface area contributed by atoms with E-state index in [-0.39, 0.29) is 0 Å². The number of carbonyl (C=O) groups is 2. The second-order valence-corrected chi connectivity index (χ2v) is 6.74. The maximum absolute atomic E-state index is 12.1. The van der Waals surface area contributed by atoms with E-state index in [4.69, 9.17) is 9.47 Å². The number of piperidine rings is 1. The molecule has 1 aliphatic heterocycles. The van der Waals surface area contributed by atoms with Gasteiger partial charge in [-0.1, -0.05) is 30.3 Å². The van der Waals surface area contributed by atoms with Crippen molar-refractivity contribution >= 4 is 18.0 Å². The summed E-state index contributed by atoms with van der Waals surface area (Å²) in [4.78, 5) is 25.6. The van der Waals surface area contributed by atoms with Gasteiger partial charge in [-0.3, -0.25) is 9.59 Å². The summed E-state index contributed by atoms with van der Waals surface area (Å²) in [6.45, 7) is 1.68. The van der Waals surface area contributed by atoms with E-state index in [0.29, 0.717) is 36.8 Å². The number of nitrogens with zero attached hydrogens (tertiary/aromatic N) is 2. The van der Waals surface area contributed by atoms with Crippen LogP contribution in [0.4, 0.5) is 0 Å². The van der Waals surface area contributed by atoms with Crippen molar-refractivity contribution in [1.82, 2.24) is 10.3 Å². The maximum atomic E-state index is 12.1. The van der Waals surface area contributed by atoms with Crippen molar-refractivity contribution < 1.29 is 19.1 Å². The maximum Gasteiger partial charge on any atom is 0.329 e. The first-order valence-corrected chi connectivity index (χ1v) is 9.64. The molecule has 1 aliphatic rings. The summed E-state index contributed by atoms with van der Waals surface area (Å²) in [7, 11) is 1.56. The summed E-state index contributed by atoms with van der Waals surface area (Å²) in [6.07, 6.45) is 4.42. The number of ether oxygens (including phenoxy) is 2. The molecule has 0 aliphatic carbocycles. The minimum atomic E-state index is -0.724. The van der Waals surface area contributed by atoms with Gasteiger partial charge in [0, 0.05) is 13.1 Å². The van der Waals surface area contributed by atoms with Gasteiger partial charge in [0.15, 0.2) is 11.5 Å². The largest absolute Gasteiger partial charge is 0.493 e.